The molecule has 0 aromatic rings. The summed E-state index contributed by atoms with van der Waals surface area (Å²) in [5.41, 5.74) is 0. The third-order valence-electron chi connectivity index (χ3n) is 16.5. The van der Waals surface area contributed by atoms with E-state index >= 15 is 0 Å². The molecule has 0 aliphatic rings. The molecule has 10 heteroatoms. The number of phosphoric acid groups is 1. The van der Waals surface area contributed by atoms with Gasteiger partial charge in [-0.15, -0.1) is 0 Å². The van der Waals surface area contributed by atoms with Crippen LogP contribution in [0.3, 0.4) is 0 Å². The van der Waals surface area contributed by atoms with Gasteiger partial charge in [-0.05, 0) is 76.7 Å². The third-order valence-corrected chi connectivity index (χ3v) is 17.4. The van der Waals surface area contributed by atoms with Crippen LogP contribution in [0.25, 0.3) is 0 Å². The smallest absolute Gasteiger partial charge is 0.306 e. The van der Waals surface area contributed by atoms with Gasteiger partial charge in [0.15, 0.2) is 0 Å². The topological polar surface area (TPSA) is 114 Å². The lowest BCUT2D eigenvalue weighted by Crippen LogP contribution is -2.47. The predicted octanol–water partition coefficient (Wildman–Crippen LogP) is 22.7. The lowest BCUT2D eigenvalue weighted by Gasteiger charge is -2.30. The molecule has 85 heavy (non-hydrogen) atoms. The van der Waals surface area contributed by atoms with Crippen LogP contribution in [0.1, 0.15) is 355 Å². The van der Waals surface area contributed by atoms with Gasteiger partial charge in [-0.3, -0.25) is 14.2 Å². The number of hydrogen-bond acceptors (Lipinski definition) is 7. The Balaban J connectivity index is 5.00. The number of phosphoric ester groups is 1. The first kappa shape index (κ1) is 82.7. The molecule has 0 aliphatic carbocycles. The molecule has 0 aromatic carbocycles. The van der Waals surface area contributed by atoms with Crippen molar-refractivity contribution in [3.63, 3.8) is 0 Å². The number of likely N-dealkylation sites (N-methyl/N-ethyl adjacent to an activating group) is 1. The van der Waals surface area contributed by atoms with Crippen molar-refractivity contribution in [1.82, 2.24) is 5.32 Å². The van der Waals surface area contributed by atoms with Crippen LogP contribution in [0.2, 0.25) is 0 Å². The maximum atomic E-state index is 13.6. The number of nitrogens with zero attached hydrogens (tertiary/aromatic N) is 1. The summed E-state index contributed by atoms with van der Waals surface area (Å²) in [4.78, 5) is 40.2. The van der Waals surface area contributed by atoms with Crippen molar-refractivity contribution in [2.45, 2.75) is 367 Å². The second kappa shape index (κ2) is 64.7. The Morgan fingerprint density at radius 1 is 0.412 bits per heavy atom. The van der Waals surface area contributed by atoms with Crippen LogP contribution < -0.4 is 10.2 Å². The molecule has 0 saturated heterocycles. The third kappa shape index (κ3) is 66.0. The molecule has 1 N–H and O–H groups in total. The summed E-state index contributed by atoms with van der Waals surface area (Å²) in [6.45, 7) is 6.85. The summed E-state index contributed by atoms with van der Waals surface area (Å²) >= 11 is 0. The van der Waals surface area contributed by atoms with Crippen molar-refractivity contribution in [3.8, 4) is 0 Å². The zero-order valence-electron chi connectivity index (χ0n) is 57.1. The van der Waals surface area contributed by atoms with Crippen molar-refractivity contribution in [1.29, 1.82) is 0 Å². The number of esters is 1. The number of carbonyl (C=O) groups is 2. The van der Waals surface area contributed by atoms with Crippen molar-refractivity contribution < 1.29 is 37.3 Å². The zero-order chi connectivity index (χ0) is 62.1. The molecule has 3 unspecified atom stereocenters. The van der Waals surface area contributed by atoms with E-state index in [1.54, 1.807) is 0 Å². The van der Waals surface area contributed by atoms with Gasteiger partial charge in [-0.1, -0.05) is 326 Å². The fourth-order valence-corrected chi connectivity index (χ4v) is 11.5. The Bertz CT molecular complexity index is 1640. The SMILES string of the molecule is CCCCC/C=C\C/C=C\C/C=C\C/C=C\CCCCCCCCCC(=O)OC(/C=C/CCCCCCCCCCC)C(COP(=O)([O-])OCC[N+](C)(C)C)NC(=O)CCCCCCCCCCCCCCCCCCCCCCCCCCC. The van der Waals surface area contributed by atoms with Crippen LogP contribution in [0.15, 0.2) is 60.8 Å². The molecule has 0 spiro atoms. The predicted molar refractivity (Wildman–Crippen MR) is 367 cm³/mol. The molecule has 498 valence electrons. The molecule has 0 bridgehead atoms. The average molecular weight is 1210 g/mol. The van der Waals surface area contributed by atoms with E-state index in [4.69, 9.17) is 13.8 Å². The van der Waals surface area contributed by atoms with Gasteiger partial charge in [0, 0.05) is 12.8 Å². The molecule has 9 nitrogen and oxygen atoms in total. The van der Waals surface area contributed by atoms with Crippen molar-refractivity contribution in [2.24, 2.45) is 0 Å². The Kier molecular flexibility index (Phi) is 62.9. The summed E-state index contributed by atoms with van der Waals surface area (Å²) in [6.07, 6.45) is 83.5. The molecular weight excluding hydrogens is 1070 g/mol. The monoisotopic (exact) mass is 1210 g/mol. The quantitative estimate of drug-likeness (QED) is 0.0212. The Hall–Kier alpha value is -2.29. The van der Waals surface area contributed by atoms with Gasteiger partial charge < -0.3 is 28.5 Å². The highest BCUT2D eigenvalue weighted by Gasteiger charge is 2.27. The minimum atomic E-state index is -4.71. The van der Waals surface area contributed by atoms with E-state index in [1.807, 2.05) is 33.3 Å². The van der Waals surface area contributed by atoms with Crippen molar-refractivity contribution in [2.75, 3.05) is 40.9 Å². The Labute approximate surface area is 528 Å². The van der Waals surface area contributed by atoms with Gasteiger partial charge in [0.1, 0.15) is 19.3 Å². The van der Waals surface area contributed by atoms with Gasteiger partial charge in [0.25, 0.3) is 7.82 Å². The van der Waals surface area contributed by atoms with E-state index in [0.29, 0.717) is 17.4 Å². The van der Waals surface area contributed by atoms with E-state index in [0.717, 1.165) is 89.9 Å². The molecule has 0 fully saturated rings. The molecule has 1 amide bonds. The van der Waals surface area contributed by atoms with Gasteiger partial charge in [0.05, 0.1) is 33.8 Å². The van der Waals surface area contributed by atoms with Gasteiger partial charge >= 0.3 is 5.97 Å². The normalized spacial score (nSPS) is 13.8. The highest BCUT2D eigenvalue weighted by atomic mass is 31.2. The number of hydrogen-bond donors (Lipinski definition) is 1. The Morgan fingerprint density at radius 3 is 1.09 bits per heavy atom. The van der Waals surface area contributed by atoms with E-state index in [2.05, 4.69) is 74.7 Å². The second-order valence-corrected chi connectivity index (χ2v) is 27.5. The van der Waals surface area contributed by atoms with E-state index in [1.165, 1.54) is 231 Å². The highest BCUT2D eigenvalue weighted by Crippen LogP contribution is 2.38. The lowest BCUT2D eigenvalue weighted by atomic mass is 10.0. The van der Waals surface area contributed by atoms with Crippen LogP contribution in [-0.2, 0) is 27.9 Å². The fraction of sp³-hybridized carbons (Fsp3) is 0.840. The van der Waals surface area contributed by atoms with Gasteiger partial charge in [-0.2, -0.15) is 0 Å². The summed E-state index contributed by atoms with van der Waals surface area (Å²) in [6, 6.07) is -0.893. The highest BCUT2D eigenvalue weighted by molar-refractivity contribution is 7.45. The van der Waals surface area contributed by atoms with E-state index in [9.17, 15) is 19.0 Å². The lowest BCUT2D eigenvalue weighted by molar-refractivity contribution is -0.870. The molecule has 3 atom stereocenters. The van der Waals surface area contributed by atoms with Crippen LogP contribution in [-0.4, -0.2) is 69.4 Å². The molecule has 0 saturated carbocycles. The number of allylic oxidation sites excluding steroid dienone is 9. The fourth-order valence-electron chi connectivity index (χ4n) is 10.8. The number of nitrogens with one attached hydrogen (secondary N) is 1. The van der Waals surface area contributed by atoms with Gasteiger partial charge in [0.2, 0.25) is 5.91 Å². The molecule has 0 heterocycles. The number of ether oxygens (including phenoxy) is 1. The number of rotatable bonds is 67. The number of unbranched alkanes of at least 4 members (excludes halogenated alkanes) is 43. The molecular formula is C75H141N2O7P. The minimum Gasteiger partial charge on any atom is -0.756 e. The van der Waals surface area contributed by atoms with E-state index < -0.39 is 20.0 Å². The largest absolute Gasteiger partial charge is 0.756 e. The van der Waals surface area contributed by atoms with E-state index in [-0.39, 0.29) is 31.5 Å². The first-order chi connectivity index (χ1) is 41.4. The van der Waals surface area contributed by atoms with Crippen molar-refractivity contribution >= 4 is 19.7 Å². The van der Waals surface area contributed by atoms with Crippen LogP contribution >= 0.6 is 7.82 Å². The maximum Gasteiger partial charge on any atom is 0.306 e. The summed E-state index contributed by atoms with van der Waals surface area (Å²) in [7, 11) is 1.19. The standard InChI is InChI=1S/C75H141N2O7P/c1-7-10-13-16-19-22-25-27-29-31-33-35-37-38-40-41-43-45-47-49-52-55-58-61-64-67-74(78)76-72(71-83-85(80,81)82-70-69-77(4,5)6)73(66-63-60-57-54-51-24-21-18-15-12-9-3)84-75(79)68-65-62-59-56-53-50-48-46-44-42-39-36-34-32-30-28-26-23-20-17-14-11-8-2/h20,23,28,30,34,36,42,44,63,66,72-73H,7-19,21-22,24-27,29,31-33,35,37-41,43,45-62,64-65,67-71H2,1-6H3,(H-,76,78,80,81)/b23-20-,30-28-,36-34-,44-42-,66-63+. The number of amides is 1. The van der Waals surface area contributed by atoms with Crippen LogP contribution in [0, 0.1) is 0 Å². The number of carbonyl (C=O) groups excluding carboxylic acids is 2. The summed E-state index contributed by atoms with van der Waals surface area (Å²) in [5, 5.41) is 3.04. The first-order valence-electron chi connectivity index (χ1n) is 36.6. The minimum absolute atomic E-state index is 0.0237. The van der Waals surface area contributed by atoms with Gasteiger partial charge in [-0.25, -0.2) is 0 Å². The number of quaternary nitrogens is 1. The van der Waals surface area contributed by atoms with Crippen LogP contribution in [0.5, 0.6) is 0 Å². The summed E-state index contributed by atoms with van der Waals surface area (Å²) < 4.78 is 30.4. The molecule has 0 radical (unpaired) electrons. The Morgan fingerprint density at radius 2 is 0.718 bits per heavy atom. The second-order valence-electron chi connectivity index (χ2n) is 26.1. The molecule has 0 rings (SSSR count). The van der Waals surface area contributed by atoms with Crippen molar-refractivity contribution in [3.05, 3.63) is 60.8 Å². The van der Waals surface area contributed by atoms with Crippen LogP contribution in [0.4, 0.5) is 0 Å². The first-order valence-corrected chi connectivity index (χ1v) is 38.1. The zero-order valence-corrected chi connectivity index (χ0v) is 58.0. The molecule has 0 aliphatic heterocycles. The summed E-state index contributed by atoms with van der Waals surface area (Å²) in [5.74, 6) is -0.539. The average Bonchev–Trinajstić information content (AvgIpc) is 3.62. The molecule has 0 aromatic heterocycles. The maximum absolute atomic E-state index is 13.6.